The van der Waals surface area contributed by atoms with Crippen LogP contribution in [0.2, 0.25) is 0 Å². The van der Waals surface area contributed by atoms with E-state index < -0.39 is 0 Å². The van der Waals surface area contributed by atoms with E-state index in [2.05, 4.69) is 25.1 Å². The molecular weight excluding hydrogens is 394 g/mol. The van der Waals surface area contributed by atoms with Crippen LogP contribution in [-0.2, 0) is 13.1 Å². The van der Waals surface area contributed by atoms with Crippen LogP contribution in [0.4, 0.5) is 0 Å². The number of guanidine groups is 1. The summed E-state index contributed by atoms with van der Waals surface area (Å²) in [7, 11) is 6.74. The fourth-order valence-corrected chi connectivity index (χ4v) is 3.80. The molecule has 0 radical (unpaired) electrons. The summed E-state index contributed by atoms with van der Waals surface area (Å²) in [4.78, 5) is 13.7. The highest BCUT2D eigenvalue weighted by atomic mass is 16.5. The average Bonchev–Trinajstić information content (AvgIpc) is 2.79. The Labute approximate surface area is 184 Å². The Bertz CT molecular complexity index is 870. The van der Waals surface area contributed by atoms with Gasteiger partial charge in [0.2, 0.25) is 5.75 Å². The van der Waals surface area contributed by atoms with E-state index in [1.165, 1.54) is 0 Å². The molecular formula is C23H33N5O3. The summed E-state index contributed by atoms with van der Waals surface area (Å²) in [6.45, 7) is 7.20. The summed E-state index contributed by atoms with van der Waals surface area (Å²) in [5, 5.41) is 3.44. The van der Waals surface area contributed by atoms with Gasteiger partial charge >= 0.3 is 0 Å². The fraction of sp³-hybridized carbons (Fsp3) is 0.478. The number of nitrogens with zero attached hydrogens (tertiary/aromatic N) is 4. The smallest absolute Gasteiger partial charge is 0.203 e. The minimum Gasteiger partial charge on any atom is -0.493 e. The molecule has 0 saturated carbocycles. The molecule has 3 rings (SSSR count). The summed E-state index contributed by atoms with van der Waals surface area (Å²) in [5.41, 5.74) is 3.17. The summed E-state index contributed by atoms with van der Waals surface area (Å²) in [6, 6.07) is 10.1. The first-order valence-corrected chi connectivity index (χ1v) is 10.5. The van der Waals surface area contributed by atoms with Crippen molar-refractivity contribution in [3.05, 3.63) is 47.3 Å². The van der Waals surface area contributed by atoms with Crippen molar-refractivity contribution in [2.75, 3.05) is 54.6 Å². The quantitative estimate of drug-likeness (QED) is 0.537. The third kappa shape index (κ3) is 5.79. The molecule has 1 saturated heterocycles. The van der Waals surface area contributed by atoms with E-state index in [9.17, 15) is 0 Å². The Morgan fingerprint density at radius 2 is 1.71 bits per heavy atom. The maximum atomic E-state index is 5.48. The third-order valence-electron chi connectivity index (χ3n) is 5.39. The molecule has 1 aliphatic heterocycles. The van der Waals surface area contributed by atoms with Gasteiger partial charge in [-0.1, -0.05) is 6.07 Å². The van der Waals surface area contributed by atoms with Crippen LogP contribution in [0.25, 0.3) is 0 Å². The number of aryl methyl sites for hydroxylation is 1. The number of rotatable bonds is 7. The van der Waals surface area contributed by atoms with Crippen molar-refractivity contribution in [3.63, 3.8) is 0 Å². The van der Waals surface area contributed by atoms with Crippen molar-refractivity contribution < 1.29 is 14.2 Å². The zero-order valence-electron chi connectivity index (χ0n) is 19.1. The van der Waals surface area contributed by atoms with Crippen LogP contribution in [-0.4, -0.2) is 75.3 Å². The minimum atomic E-state index is 0.622. The average molecular weight is 428 g/mol. The second-order valence-electron chi connectivity index (χ2n) is 7.47. The van der Waals surface area contributed by atoms with Gasteiger partial charge in [0, 0.05) is 45.5 Å². The van der Waals surface area contributed by atoms with E-state index in [4.69, 9.17) is 14.2 Å². The molecule has 0 spiro atoms. The van der Waals surface area contributed by atoms with Gasteiger partial charge in [-0.05, 0) is 36.8 Å². The first-order chi connectivity index (χ1) is 15.1. The molecule has 0 bridgehead atoms. The van der Waals surface area contributed by atoms with E-state index in [-0.39, 0.29) is 0 Å². The summed E-state index contributed by atoms with van der Waals surface area (Å²) < 4.78 is 16.4. The number of piperazine rings is 1. The number of ether oxygens (including phenoxy) is 3. The number of nitrogens with one attached hydrogen (secondary N) is 1. The number of aromatic nitrogens is 1. The predicted octanol–water partition coefficient (Wildman–Crippen LogP) is 2.31. The lowest BCUT2D eigenvalue weighted by Gasteiger charge is -2.36. The van der Waals surface area contributed by atoms with Crippen LogP contribution in [0.5, 0.6) is 17.2 Å². The Morgan fingerprint density at radius 1 is 1.03 bits per heavy atom. The Kier molecular flexibility index (Phi) is 7.94. The second-order valence-corrected chi connectivity index (χ2v) is 7.47. The highest BCUT2D eigenvalue weighted by molar-refractivity contribution is 5.79. The molecule has 0 amide bonds. The molecule has 1 aliphatic rings. The molecule has 168 valence electrons. The highest BCUT2D eigenvalue weighted by Gasteiger charge is 2.21. The predicted molar refractivity (Wildman–Crippen MR) is 122 cm³/mol. The summed E-state index contributed by atoms with van der Waals surface area (Å²) in [5.74, 6) is 2.90. The van der Waals surface area contributed by atoms with Gasteiger partial charge in [0.1, 0.15) is 0 Å². The molecule has 8 nitrogen and oxygen atoms in total. The van der Waals surface area contributed by atoms with Crippen LogP contribution in [0.15, 0.2) is 35.3 Å². The molecule has 1 aromatic heterocycles. The molecule has 8 heteroatoms. The van der Waals surface area contributed by atoms with Crippen molar-refractivity contribution in [3.8, 4) is 17.2 Å². The highest BCUT2D eigenvalue weighted by Crippen LogP contribution is 2.38. The van der Waals surface area contributed by atoms with Crippen molar-refractivity contribution >= 4 is 5.96 Å². The summed E-state index contributed by atoms with van der Waals surface area (Å²) >= 11 is 0. The molecule has 1 fully saturated rings. The van der Waals surface area contributed by atoms with Gasteiger partial charge in [-0.3, -0.25) is 14.9 Å². The lowest BCUT2D eigenvalue weighted by Crippen LogP contribution is -2.52. The standard InChI is InChI=1S/C23H33N5O3/c1-17-7-6-8-19(26-17)15-25-23(24-2)28-11-9-27(10-12-28)16-18-13-20(29-3)22(31-5)21(14-18)30-4/h6-8,13-14H,9-12,15-16H2,1-5H3,(H,24,25). The first kappa shape index (κ1) is 22.7. The number of benzene rings is 1. The topological polar surface area (TPSA) is 71.5 Å². The largest absolute Gasteiger partial charge is 0.493 e. The van der Waals surface area contributed by atoms with Crippen molar-refractivity contribution in [2.45, 2.75) is 20.0 Å². The minimum absolute atomic E-state index is 0.622. The van der Waals surface area contributed by atoms with Gasteiger partial charge < -0.3 is 24.4 Å². The van der Waals surface area contributed by atoms with E-state index in [0.717, 1.165) is 55.6 Å². The molecule has 0 aliphatic carbocycles. The van der Waals surface area contributed by atoms with E-state index in [1.54, 1.807) is 21.3 Å². The van der Waals surface area contributed by atoms with Gasteiger partial charge in [0.15, 0.2) is 17.5 Å². The lowest BCUT2D eigenvalue weighted by molar-refractivity contribution is 0.172. The molecule has 2 aromatic rings. The number of aliphatic imine (C=N–C) groups is 1. The van der Waals surface area contributed by atoms with Gasteiger partial charge in [-0.25, -0.2) is 0 Å². The molecule has 0 unspecified atom stereocenters. The van der Waals surface area contributed by atoms with Crippen LogP contribution in [0.1, 0.15) is 17.0 Å². The molecule has 1 aromatic carbocycles. The van der Waals surface area contributed by atoms with Crippen molar-refractivity contribution in [1.29, 1.82) is 0 Å². The van der Waals surface area contributed by atoms with Gasteiger partial charge in [0.05, 0.1) is 33.6 Å². The summed E-state index contributed by atoms with van der Waals surface area (Å²) in [6.07, 6.45) is 0. The van der Waals surface area contributed by atoms with Crippen LogP contribution in [0, 0.1) is 6.92 Å². The Morgan fingerprint density at radius 3 is 2.26 bits per heavy atom. The van der Waals surface area contributed by atoms with E-state index >= 15 is 0 Å². The first-order valence-electron chi connectivity index (χ1n) is 10.5. The van der Waals surface area contributed by atoms with Crippen molar-refractivity contribution in [2.24, 2.45) is 4.99 Å². The van der Waals surface area contributed by atoms with Gasteiger partial charge in [0.25, 0.3) is 0 Å². The SMILES string of the molecule is CN=C(NCc1cccc(C)n1)N1CCN(Cc2cc(OC)c(OC)c(OC)c2)CC1. The zero-order valence-corrected chi connectivity index (χ0v) is 19.1. The molecule has 1 N–H and O–H groups in total. The molecule has 2 heterocycles. The lowest BCUT2D eigenvalue weighted by atomic mass is 10.1. The zero-order chi connectivity index (χ0) is 22.2. The third-order valence-corrected chi connectivity index (χ3v) is 5.39. The van der Waals surface area contributed by atoms with Crippen molar-refractivity contribution in [1.82, 2.24) is 20.1 Å². The van der Waals surface area contributed by atoms with Crippen LogP contribution >= 0.6 is 0 Å². The Balaban J connectivity index is 1.56. The fourth-order valence-electron chi connectivity index (χ4n) is 3.80. The second kappa shape index (κ2) is 10.9. The molecule has 31 heavy (non-hydrogen) atoms. The van der Waals surface area contributed by atoms with Crippen LogP contribution in [0.3, 0.4) is 0 Å². The maximum Gasteiger partial charge on any atom is 0.203 e. The normalized spacial score (nSPS) is 15.0. The van der Waals surface area contributed by atoms with E-state index in [1.807, 2.05) is 44.3 Å². The van der Waals surface area contributed by atoms with Gasteiger partial charge in [-0.2, -0.15) is 0 Å². The van der Waals surface area contributed by atoms with E-state index in [0.29, 0.717) is 23.8 Å². The monoisotopic (exact) mass is 427 g/mol. The number of hydrogen-bond donors (Lipinski definition) is 1. The number of pyridine rings is 1. The maximum absolute atomic E-state index is 5.48. The Hall–Kier alpha value is -3.00. The van der Waals surface area contributed by atoms with Crippen LogP contribution < -0.4 is 19.5 Å². The number of methoxy groups -OCH3 is 3. The molecule has 0 atom stereocenters. The van der Waals surface area contributed by atoms with Gasteiger partial charge in [-0.15, -0.1) is 0 Å². The number of hydrogen-bond acceptors (Lipinski definition) is 6.